The topological polar surface area (TPSA) is 90.0 Å². The van der Waals surface area contributed by atoms with Crippen LogP contribution in [0.3, 0.4) is 0 Å². The fourth-order valence-electron chi connectivity index (χ4n) is 3.41. The Morgan fingerprint density at radius 1 is 0.914 bits per heavy atom. The van der Waals surface area contributed by atoms with Crippen LogP contribution in [0.4, 0.5) is 5.69 Å². The Balaban J connectivity index is 1.58. The molecule has 0 spiro atoms. The number of anilines is 1. The van der Waals surface area contributed by atoms with Crippen molar-refractivity contribution in [2.24, 2.45) is 5.41 Å². The number of nitrogens with zero attached hydrogens (tertiary/aromatic N) is 1. The van der Waals surface area contributed by atoms with Gasteiger partial charge in [-0.2, -0.15) is 0 Å². The van der Waals surface area contributed by atoms with Gasteiger partial charge >= 0.3 is 5.97 Å². The van der Waals surface area contributed by atoms with Gasteiger partial charge in [0, 0.05) is 10.4 Å². The maximum absolute atomic E-state index is 13.3. The zero-order chi connectivity index (χ0) is 25.3. The lowest BCUT2D eigenvalue weighted by Gasteiger charge is -2.17. The second kappa shape index (κ2) is 9.35. The molecule has 0 unspecified atom stereocenters. The molecule has 8 heteroatoms. The third-order valence-corrected chi connectivity index (χ3v) is 5.68. The van der Waals surface area contributed by atoms with Gasteiger partial charge in [0.05, 0.1) is 22.4 Å². The van der Waals surface area contributed by atoms with Gasteiger partial charge in [0.25, 0.3) is 11.8 Å². The van der Waals surface area contributed by atoms with Gasteiger partial charge in [0.1, 0.15) is 11.5 Å². The van der Waals surface area contributed by atoms with E-state index in [1.54, 1.807) is 69.3 Å². The van der Waals surface area contributed by atoms with Gasteiger partial charge in [-0.05, 0) is 54.6 Å². The predicted octanol–water partition coefficient (Wildman–Crippen LogP) is 5.70. The number of hydrogen-bond acceptors (Lipinski definition) is 6. The number of Topliss-reactive ketones (excluding diaryl/α,β-unsaturated/α-hetero) is 1. The third-order valence-electron chi connectivity index (χ3n) is 5.43. The van der Waals surface area contributed by atoms with Crippen LogP contribution < -0.4 is 9.64 Å². The molecule has 0 aliphatic carbocycles. The van der Waals surface area contributed by atoms with Gasteiger partial charge in [-0.25, -0.2) is 9.69 Å². The molecule has 3 aromatic rings. The van der Waals surface area contributed by atoms with E-state index in [9.17, 15) is 19.2 Å². The number of carbonyl (C=O) groups is 4. The Morgan fingerprint density at radius 3 is 2.29 bits per heavy atom. The highest BCUT2D eigenvalue weighted by Crippen LogP contribution is 2.36. The van der Waals surface area contributed by atoms with E-state index in [0.29, 0.717) is 10.8 Å². The Kier molecular flexibility index (Phi) is 6.45. The quantitative estimate of drug-likeness (QED) is 0.324. The third kappa shape index (κ3) is 4.95. The number of ketones is 1. The molecule has 7 nitrogen and oxygen atoms in total. The second-order valence-corrected chi connectivity index (χ2v) is 9.42. The van der Waals surface area contributed by atoms with Gasteiger partial charge < -0.3 is 9.47 Å². The summed E-state index contributed by atoms with van der Waals surface area (Å²) in [5.41, 5.74) is -0.0290. The van der Waals surface area contributed by atoms with E-state index in [4.69, 9.17) is 21.1 Å². The Morgan fingerprint density at radius 2 is 1.60 bits per heavy atom. The van der Waals surface area contributed by atoms with Crippen molar-refractivity contribution < 1.29 is 28.7 Å². The van der Waals surface area contributed by atoms with Crippen LogP contribution in [0.2, 0.25) is 5.02 Å². The molecule has 1 aliphatic rings. The second-order valence-electron chi connectivity index (χ2n) is 8.98. The van der Waals surface area contributed by atoms with Crippen LogP contribution >= 0.6 is 11.6 Å². The average molecular weight is 492 g/mol. The molecule has 1 heterocycles. The molecule has 0 aromatic heterocycles. The average Bonchev–Trinajstić information content (AvgIpc) is 3.08. The molecule has 0 saturated carbocycles. The summed E-state index contributed by atoms with van der Waals surface area (Å²) in [6.07, 6.45) is 0. The van der Waals surface area contributed by atoms with E-state index in [2.05, 4.69) is 0 Å². The first-order valence-electron chi connectivity index (χ1n) is 10.8. The summed E-state index contributed by atoms with van der Waals surface area (Å²) in [6.45, 7) is 4.83. The highest BCUT2D eigenvalue weighted by molar-refractivity contribution is 6.35. The molecule has 0 radical (unpaired) electrons. The van der Waals surface area contributed by atoms with Crippen molar-refractivity contribution in [1.82, 2.24) is 0 Å². The van der Waals surface area contributed by atoms with Crippen LogP contribution in [0.25, 0.3) is 0 Å². The first kappa shape index (κ1) is 24.2. The van der Waals surface area contributed by atoms with Crippen molar-refractivity contribution in [2.45, 2.75) is 20.8 Å². The summed E-state index contributed by atoms with van der Waals surface area (Å²) >= 11 is 5.92. The Hall–Kier alpha value is -3.97. The predicted molar refractivity (Wildman–Crippen MR) is 130 cm³/mol. The molecule has 3 aromatic carbocycles. The number of rotatable bonds is 6. The highest BCUT2D eigenvalue weighted by Gasteiger charge is 2.39. The van der Waals surface area contributed by atoms with Crippen molar-refractivity contribution in [2.75, 3.05) is 11.5 Å². The van der Waals surface area contributed by atoms with Gasteiger partial charge in [0.15, 0.2) is 12.4 Å². The van der Waals surface area contributed by atoms with Crippen LogP contribution in [-0.2, 0) is 9.53 Å². The van der Waals surface area contributed by atoms with Crippen molar-refractivity contribution >= 4 is 40.9 Å². The number of hydrogen-bond donors (Lipinski definition) is 0. The van der Waals surface area contributed by atoms with E-state index in [-0.39, 0.29) is 40.5 Å². The molecule has 1 aliphatic heterocycles. The van der Waals surface area contributed by atoms with Crippen molar-refractivity contribution in [3.8, 4) is 11.5 Å². The summed E-state index contributed by atoms with van der Waals surface area (Å²) in [6, 6.07) is 17.3. The van der Waals surface area contributed by atoms with E-state index in [1.807, 2.05) is 0 Å². The smallest absolute Gasteiger partial charge is 0.338 e. The molecule has 0 atom stereocenters. The van der Waals surface area contributed by atoms with Crippen LogP contribution in [0.15, 0.2) is 66.7 Å². The minimum atomic E-state index is -0.729. The van der Waals surface area contributed by atoms with E-state index in [0.717, 1.165) is 4.90 Å². The summed E-state index contributed by atoms with van der Waals surface area (Å²) in [4.78, 5) is 52.0. The summed E-state index contributed by atoms with van der Waals surface area (Å²) in [7, 11) is 0. The van der Waals surface area contributed by atoms with Crippen LogP contribution in [-0.4, -0.2) is 30.2 Å². The lowest BCUT2D eigenvalue weighted by atomic mass is 9.91. The molecular formula is C27H22ClNO6. The van der Waals surface area contributed by atoms with Crippen LogP contribution in [0, 0.1) is 5.41 Å². The molecule has 2 amide bonds. The van der Waals surface area contributed by atoms with Gasteiger partial charge in [-0.3, -0.25) is 14.4 Å². The standard InChI is InChI=1S/C27H22ClNO6/c1-27(2,3)22(30)15-34-26(33)16-6-4-7-18(14-16)29-24(31)20-8-5-9-21(23(20)25(29)32)35-19-12-10-17(28)11-13-19/h4-14H,15H2,1-3H3. The number of amides is 2. The van der Waals surface area contributed by atoms with Crippen LogP contribution in [0.5, 0.6) is 11.5 Å². The van der Waals surface area contributed by atoms with Crippen LogP contribution in [0.1, 0.15) is 51.8 Å². The molecule has 0 bridgehead atoms. The number of imide groups is 1. The molecule has 0 fully saturated rings. The summed E-state index contributed by atoms with van der Waals surface area (Å²) in [5.74, 6) is -1.40. The first-order valence-corrected chi connectivity index (χ1v) is 11.2. The normalized spacial score (nSPS) is 13.0. The zero-order valence-corrected chi connectivity index (χ0v) is 20.1. The van der Waals surface area contributed by atoms with E-state index < -0.39 is 23.2 Å². The van der Waals surface area contributed by atoms with Crippen molar-refractivity contribution in [3.05, 3.63) is 88.4 Å². The molecule has 0 N–H and O–H groups in total. The maximum Gasteiger partial charge on any atom is 0.338 e. The number of benzene rings is 3. The number of ether oxygens (including phenoxy) is 2. The molecule has 4 rings (SSSR count). The Bertz CT molecular complexity index is 1340. The summed E-state index contributed by atoms with van der Waals surface area (Å²) in [5, 5.41) is 0.536. The zero-order valence-electron chi connectivity index (χ0n) is 19.3. The lowest BCUT2D eigenvalue weighted by molar-refractivity contribution is -0.129. The van der Waals surface area contributed by atoms with Crippen molar-refractivity contribution in [3.63, 3.8) is 0 Å². The van der Waals surface area contributed by atoms with Gasteiger partial charge in [-0.15, -0.1) is 0 Å². The molecule has 35 heavy (non-hydrogen) atoms. The number of fused-ring (bicyclic) bond motifs is 1. The minimum Gasteiger partial charge on any atom is -0.457 e. The number of halogens is 1. The Labute approximate surface area is 207 Å². The first-order chi connectivity index (χ1) is 16.6. The molecular weight excluding hydrogens is 470 g/mol. The largest absolute Gasteiger partial charge is 0.457 e. The molecule has 178 valence electrons. The van der Waals surface area contributed by atoms with Gasteiger partial charge in [-0.1, -0.05) is 44.5 Å². The van der Waals surface area contributed by atoms with Gasteiger partial charge in [0.2, 0.25) is 0 Å². The summed E-state index contributed by atoms with van der Waals surface area (Å²) < 4.78 is 11.0. The fourth-order valence-corrected chi connectivity index (χ4v) is 3.53. The lowest BCUT2D eigenvalue weighted by Crippen LogP contribution is -2.29. The van der Waals surface area contributed by atoms with E-state index >= 15 is 0 Å². The number of esters is 1. The van der Waals surface area contributed by atoms with E-state index in [1.165, 1.54) is 18.2 Å². The number of carbonyl (C=O) groups excluding carboxylic acids is 4. The monoisotopic (exact) mass is 491 g/mol. The SMILES string of the molecule is CC(C)(C)C(=O)COC(=O)c1cccc(N2C(=O)c3cccc(Oc4ccc(Cl)cc4)c3C2=O)c1. The van der Waals surface area contributed by atoms with Crippen molar-refractivity contribution in [1.29, 1.82) is 0 Å². The maximum atomic E-state index is 13.3. The minimum absolute atomic E-state index is 0.110. The molecule has 0 saturated heterocycles. The fraction of sp³-hybridized carbons (Fsp3) is 0.185. The highest BCUT2D eigenvalue weighted by atomic mass is 35.5.